The maximum atomic E-state index is 13.5. The fourth-order valence-electron chi connectivity index (χ4n) is 1.44. The number of anilines is 1. The molecule has 0 aliphatic heterocycles. The molecular weight excluding hydrogens is 237 g/mol. The number of benzene rings is 1. The zero-order valence-electron chi connectivity index (χ0n) is 9.55. The molecule has 0 saturated carbocycles. The van der Waals surface area contributed by atoms with Crippen LogP contribution in [0.3, 0.4) is 0 Å². The highest BCUT2D eigenvalue weighted by Gasteiger charge is 2.09. The highest BCUT2D eigenvalue weighted by molar-refractivity contribution is 5.81. The molecule has 2 aromatic rings. The van der Waals surface area contributed by atoms with Crippen LogP contribution >= 0.6 is 0 Å². The van der Waals surface area contributed by atoms with Crippen LogP contribution < -0.4 is 10.5 Å². The Morgan fingerprint density at radius 1 is 1.44 bits per heavy atom. The van der Waals surface area contributed by atoms with Crippen molar-refractivity contribution in [3.05, 3.63) is 35.8 Å². The van der Waals surface area contributed by atoms with Crippen LogP contribution in [0.1, 0.15) is 10.4 Å². The van der Waals surface area contributed by atoms with Gasteiger partial charge in [-0.25, -0.2) is 14.4 Å². The number of nitrogen functional groups attached to an aromatic ring is 1. The number of halogens is 1. The van der Waals surface area contributed by atoms with Crippen molar-refractivity contribution in [1.29, 1.82) is 0 Å². The molecule has 1 aromatic heterocycles. The van der Waals surface area contributed by atoms with Crippen molar-refractivity contribution in [3.63, 3.8) is 0 Å². The molecule has 0 radical (unpaired) electrons. The summed E-state index contributed by atoms with van der Waals surface area (Å²) in [6.45, 7) is 0. The minimum atomic E-state index is -0.517. The normalized spacial score (nSPS) is 10.1. The van der Waals surface area contributed by atoms with Gasteiger partial charge >= 0.3 is 0 Å². The fourth-order valence-corrected chi connectivity index (χ4v) is 1.44. The van der Waals surface area contributed by atoms with E-state index >= 15 is 0 Å². The zero-order valence-corrected chi connectivity index (χ0v) is 9.55. The Labute approximate surface area is 102 Å². The third-order valence-corrected chi connectivity index (χ3v) is 2.38. The van der Waals surface area contributed by atoms with Crippen molar-refractivity contribution < 1.29 is 13.9 Å². The zero-order chi connectivity index (χ0) is 13.1. The number of rotatable bonds is 3. The Morgan fingerprint density at radius 2 is 2.22 bits per heavy atom. The van der Waals surface area contributed by atoms with Gasteiger partial charge in [0.15, 0.2) is 23.7 Å². The quantitative estimate of drug-likeness (QED) is 0.835. The molecule has 0 aliphatic carbocycles. The molecule has 18 heavy (non-hydrogen) atoms. The van der Waals surface area contributed by atoms with E-state index in [0.717, 1.165) is 0 Å². The number of nitrogens with two attached hydrogens (primary N) is 1. The molecule has 5 nitrogen and oxygen atoms in total. The van der Waals surface area contributed by atoms with Gasteiger partial charge < -0.3 is 10.5 Å². The number of hydrogen-bond donors (Lipinski definition) is 1. The average Bonchev–Trinajstić information content (AvgIpc) is 2.38. The van der Waals surface area contributed by atoms with Crippen molar-refractivity contribution in [1.82, 2.24) is 9.97 Å². The average molecular weight is 247 g/mol. The number of aldehydes is 1. The monoisotopic (exact) mass is 247 g/mol. The van der Waals surface area contributed by atoms with Crippen molar-refractivity contribution >= 4 is 12.1 Å². The fraction of sp³-hybridized carbons (Fsp3) is 0.0833. The molecular formula is C12H10FN3O2. The first-order chi connectivity index (χ1) is 8.65. The van der Waals surface area contributed by atoms with Crippen LogP contribution in [-0.2, 0) is 0 Å². The number of methoxy groups -OCH3 is 1. The first-order valence-corrected chi connectivity index (χ1v) is 5.07. The van der Waals surface area contributed by atoms with Gasteiger partial charge in [-0.3, -0.25) is 4.79 Å². The summed E-state index contributed by atoms with van der Waals surface area (Å²) in [6, 6.07) is 4.32. The summed E-state index contributed by atoms with van der Waals surface area (Å²) in [4.78, 5) is 18.5. The van der Waals surface area contributed by atoms with E-state index in [4.69, 9.17) is 10.5 Å². The van der Waals surface area contributed by atoms with E-state index in [9.17, 15) is 9.18 Å². The summed E-state index contributed by atoms with van der Waals surface area (Å²) in [7, 11) is 1.38. The summed E-state index contributed by atoms with van der Waals surface area (Å²) in [5.41, 5.74) is 6.22. The van der Waals surface area contributed by atoms with Crippen LogP contribution in [0.25, 0.3) is 11.4 Å². The Morgan fingerprint density at radius 3 is 2.78 bits per heavy atom. The highest BCUT2D eigenvalue weighted by Crippen LogP contribution is 2.23. The molecule has 92 valence electrons. The molecule has 0 atom stereocenters. The van der Waals surface area contributed by atoms with Gasteiger partial charge in [-0.1, -0.05) is 0 Å². The molecule has 0 bridgehead atoms. The lowest BCUT2D eigenvalue weighted by Gasteiger charge is -2.05. The van der Waals surface area contributed by atoms with Gasteiger partial charge in [0, 0.05) is 11.8 Å². The van der Waals surface area contributed by atoms with E-state index in [2.05, 4.69) is 9.97 Å². The van der Waals surface area contributed by atoms with Crippen LogP contribution in [0.15, 0.2) is 24.4 Å². The summed E-state index contributed by atoms with van der Waals surface area (Å²) < 4.78 is 18.3. The first kappa shape index (κ1) is 12.0. The number of ether oxygens (including phenoxy) is 1. The number of nitrogens with zero attached hydrogens (tertiary/aromatic N) is 2. The molecule has 0 unspecified atom stereocenters. The van der Waals surface area contributed by atoms with Gasteiger partial charge in [0.1, 0.15) is 5.82 Å². The first-order valence-electron chi connectivity index (χ1n) is 5.07. The summed E-state index contributed by atoms with van der Waals surface area (Å²) in [5, 5.41) is 0. The van der Waals surface area contributed by atoms with Crippen LogP contribution in [0.5, 0.6) is 5.75 Å². The Kier molecular flexibility index (Phi) is 3.18. The molecule has 0 aliphatic rings. The van der Waals surface area contributed by atoms with Crippen molar-refractivity contribution in [2.75, 3.05) is 12.8 Å². The predicted molar refractivity (Wildman–Crippen MR) is 63.8 cm³/mol. The van der Waals surface area contributed by atoms with Crippen LogP contribution in [0.4, 0.5) is 10.2 Å². The van der Waals surface area contributed by atoms with Gasteiger partial charge in [0.25, 0.3) is 0 Å². The van der Waals surface area contributed by atoms with Crippen molar-refractivity contribution in [2.45, 2.75) is 0 Å². The molecule has 6 heteroatoms. The standard InChI is InChI=1S/C12H10FN3O2/c1-18-10-3-2-7(4-9(10)13)12-15-5-8(6-17)11(14)16-12/h2-6H,1H3,(H2,14,15,16). The Hall–Kier alpha value is -2.50. The van der Waals surface area contributed by atoms with Gasteiger partial charge in [-0.05, 0) is 18.2 Å². The van der Waals surface area contributed by atoms with Crippen LogP contribution in [-0.4, -0.2) is 23.4 Å². The second-order valence-corrected chi connectivity index (χ2v) is 3.50. The summed E-state index contributed by atoms with van der Waals surface area (Å²) in [5.74, 6) is -0.0706. The summed E-state index contributed by atoms with van der Waals surface area (Å²) in [6.07, 6.45) is 1.86. The van der Waals surface area contributed by atoms with E-state index in [1.807, 2.05) is 0 Å². The second kappa shape index (κ2) is 4.79. The van der Waals surface area contributed by atoms with Crippen molar-refractivity contribution in [3.8, 4) is 17.1 Å². The van der Waals surface area contributed by atoms with E-state index in [1.165, 1.54) is 25.4 Å². The maximum absolute atomic E-state index is 13.5. The third kappa shape index (κ3) is 2.13. The second-order valence-electron chi connectivity index (χ2n) is 3.50. The molecule has 2 rings (SSSR count). The topological polar surface area (TPSA) is 78.1 Å². The molecule has 0 fully saturated rings. The number of hydrogen-bond acceptors (Lipinski definition) is 5. The van der Waals surface area contributed by atoms with Gasteiger partial charge in [-0.15, -0.1) is 0 Å². The summed E-state index contributed by atoms with van der Waals surface area (Å²) >= 11 is 0. The lowest BCUT2D eigenvalue weighted by Crippen LogP contribution is -2.01. The Balaban J connectivity index is 2.45. The minimum Gasteiger partial charge on any atom is -0.494 e. The molecule has 0 saturated heterocycles. The molecule has 1 heterocycles. The maximum Gasteiger partial charge on any atom is 0.165 e. The third-order valence-electron chi connectivity index (χ3n) is 2.38. The van der Waals surface area contributed by atoms with E-state index in [-0.39, 0.29) is 23.0 Å². The Bertz CT molecular complexity index is 602. The van der Waals surface area contributed by atoms with Gasteiger partial charge in [-0.2, -0.15) is 0 Å². The predicted octanol–water partition coefficient (Wildman–Crippen LogP) is 1.69. The highest BCUT2D eigenvalue weighted by atomic mass is 19.1. The van der Waals surface area contributed by atoms with E-state index in [0.29, 0.717) is 11.8 Å². The largest absolute Gasteiger partial charge is 0.494 e. The van der Waals surface area contributed by atoms with Crippen LogP contribution in [0, 0.1) is 5.82 Å². The van der Waals surface area contributed by atoms with E-state index in [1.54, 1.807) is 6.07 Å². The smallest absolute Gasteiger partial charge is 0.165 e. The number of carbonyl (C=O) groups is 1. The number of carbonyl (C=O) groups excluding carboxylic acids is 1. The lowest BCUT2D eigenvalue weighted by atomic mass is 10.2. The van der Waals surface area contributed by atoms with Gasteiger partial charge in [0.05, 0.1) is 12.7 Å². The number of aromatic nitrogens is 2. The van der Waals surface area contributed by atoms with Gasteiger partial charge in [0.2, 0.25) is 0 Å². The van der Waals surface area contributed by atoms with Crippen LogP contribution in [0.2, 0.25) is 0 Å². The molecule has 2 N–H and O–H groups in total. The van der Waals surface area contributed by atoms with E-state index < -0.39 is 5.82 Å². The molecule has 0 amide bonds. The SMILES string of the molecule is COc1ccc(-c2ncc(C=O)c(N)n2)cc1F. The molecule has 1 aromatic carbocycles. The minimum absolute atomic E-state index is 0.0613. The molecule has 0 spiro atoms. The van der Waals surface area contributed by atoms with Crippen molar-refractivity contribution in [2.24, 2.45) is 0 Å². The lowest BCUT2D eigenvalue weighted by molar-refractivity contribution is 0.112.